The average Bonchev–Trinajstić information content (AvgIpc) is 2.38. The fourth-order valence-electron chi connectivity index (χ4n) is 1.53. The van der Waals surface area contributed by atoms with Gasteiger partial charge in [0.15, 0.2) is 5.60 Å². The van der Waals surface area contributed by atoms with Crippen LogP contribution in [-0.2, 0) is 10.4 Å². The largest absolute Gasteiger partial charge is 0.375 e. The van der Waals surface area contributed by atoms with Crippen LogP contribution in [0.2, 0.25) is 0 Å². The molecule has 0 aliphatic carbocycles. The van der Waals surface area contributed by atoms with Crippen molar-refractivity contribution in [3.05, 3.63) is 29.3 Å². The van der Waals surface area contributed by atoms with Gasteiger partial charge in [0.1, 0.15) is 6.29 Å². The third-order valence-corrected chi connectivity index (χ3v) is 2.39. The molecule has 1 aromatic carbocycles. The summed E-state index contributed by atoms with van der Waals surface area (Å²) < 4.78 is 0. The molecule has 0 spiro atoms. The second kappa shape index (κ2) is 2.65. The third-order valence-electron chi connectivity index (χ3n) is 2.39. The first-order chi connectivity index (χ1) is 6.55. The lowest BCUT2D eigenvalue weighted by atomic mass is 9.97. The molecule has 72 valence electrons. The van der Waals surface area contributed by atoms with Crippen LogP contribution in [0, 0.1) is 0 Å². The van der Waals surface area contributed by atoms with Crippen LogP contribution in [0.3, 0.4) is 0 Å². The molecule has 14 heavy (non-hydrogen) atoms. The Bertz CT molecular complexity index is 423. The van der Waals surface area contributed by atoms with Crippen LogP contribution in [0.15, 0.2) is 18.2 Å². The minimum Gasteiger partial charge on any atom is -0.375 e. The number of nitrogens with one attached hydrogen (secondary N) is 1. The van der Waals surface area contributed by atoms with Crippen molar-refractivity contribution in [3.8, 4) is 0 Å². The van der Waals surface area contributed by atoms with Gasteiger partial charge in [0.2, 0.25) is 0 Å². The summed E-state index contributed by atoms with van der Waals surface area (Å²) >= 11 is 0. The zero-order valence-corrected chi connectivity index (χ0v) is 7.57. The van der Waals surface area contributed by atoms with Gasteiger partial charge in [0.05, 0.1) is 0 Å². The van der Waals surface area contributed by atoms with Crippen LogP contribution < -0.4 is 5.32 Å². The lowest BCUT2D eigenvalue weighted by molar-refractivity contribution is -0.131. The van der Waals surface area contributed by atoms with E-state index >= 15 is 0 Å². The molecule has 1 atom stereocenters. The van der Waals surface area contributed by atoms with Crippen LogP contribution in [-0.4, -0.2) is 17.3 Å². The number of amides is 1. The molecule has 4 heteroatoms. The molecule has 0 saturated carbocycles. The van der Waals surface area contributed by atoms with Crippen molar-refractivity contribution in [1.29, 1.82) is 0 Å². The molecular formula is C10H9NO3. The first kappa shape index (κ1) is 8.90. The second-order valence-electron chi connectivity index (χ2n) is 3.45. The first-order valence-corrected chi connectivity index (χ1v) is 4.19. The molecule has 1 unspecified atom stereocenters. The molecule has 1 amide bonds. The van der Waals surface area contributed by atoms with E-state index in [9.17, 15) is 14.7 Å². The van der Waals surface area contributed by atoms with Gasteiger partial charge in [-0.25, -0.2) is 0 Å². The number of aldehydes is 1. The van der Waals surface area contributed by atoms with Gasteiger partial charge in [-0.1, -0.05) is 12.1 Å². The van der Waals surface area contributed by atoms with Gasteiger partial charge in [-0.3, -0.25) is 9.59 Å². The van der Waals surface area contributed by atoms with Crippen LogP contribution in [0.5, 0.6) is 0 Å². The van der Waals surface area contributed by atoms with E-state index in [1.807, 2.05) is 0 Å². The predicted molar refractivity (Wildman–Crippen MR) is 50.0 cm³/mol. The summed E-state index contributed by atoms with van der Waals surface area (Å²) in [6.45, 7) is 1.43. The lowest BCUT2D eigenvalue weighted by Gasteiger charge is -2.13. The molecule has 0 fully saturated rings. The molecule has 4 nitrogen and oxygen atoms in total. The maximum atomic E-state index is 11.3. The Balaban J connectivity index is 2.59. The summed E-state index contributed by atoms with van der Waals surface area (Å²) in [6.07, 6.45) is 0.694. The smallest absolute Gasteiger partial charge is 0.260 e. The van der Waals surface area contributed by atoms with Gasteiger partial charge in [-0.05, 0) is 13.0 Å². The second-order valence-corrected chi connectivity index (χ2v) is 3.45. The molecule has 0 aromatic heterocycles. The Morgan fingerprint density at radius 1 is 1.50 bits per heavy atom. The maximum Gasteiger partial charge on any atom is 0.260 e. The van der Waals surface area contributed by atoms with Gasteiger partial charge in [-0.15, -0.1) is 0 Å². The van der Waals surface area contributed by atoms with Crippen molar-refractivity contribution >= 4 is 17.9 Å². The molecule has 2 rings (SSSR count). The summed E-state index contributed by atoms with van der Waals surface area (Å²) in [4.78, 5) is 21.8. The summed E-state index contributed by atoms with van der Waals surface area (Å²) in [5.74, 6) is -0.462. The van der Waals surface area contributed by atoms with Gasteiger partial charge < -0.3 is 10.4 Å². The molecule has 0 bridgehead atoms. The minimum absolute atomic E-state index is 0.462. The fraction of sp³-hybridized carbons (Fsp3) is 0.200. The van der Waals surface area contributed by atoms with E-state index in [1.165, 1.54) is 6.92 Å². The van der Waals surface area contributed by atoms with E-state index in [0.717, 1.165) is 0 Å². The number of hydrogen-bond acceptors (Lipinski definition) is 3. The summed E-state index contributed by atoms with van der Waals surface area (Å²) in [5.41, 5.74) is -0.00374. The highest BCUT2D eigenvalue weighted by Crippen LogP contribution is 2.35. The van der Waals surface area contributed by atoms with Crippen molar-refractivity contribution < 1.29 is 14.7 Å². The van der Waals surface area contributed by atoms with E-state index in [1.54, 1.807) is 18.2 Å². The number of hydrogen-bond donors (Lipinski definition) is 2. The number of rotatable bonds is 1. The standard InChI is InChI=1S/C10H9NO3/c1-10(14)7-3-2-6(5-12)4-8(7)11-9(10)13/h2-5,14H,1H3,(H,11,13). The van der Waals surface area contributed by atoms with E-state index in [0.29, 0.717) is 23.1 Å². The van der Waals surface area contributed by atoms with Gasteiger partial charge in [-0.2, -0.15) is 0 Å². The SMILES string of the molecule is CC1(O)C(=O)Nc2cc(C=O)ccc21. The highest BCUT2D eigenvalue weighted by molar-refractivity contribution is 6.05. The number of aliphatic hydroxyl groups is 1. The van der Waals surface area contributed by atoms with E-state index < -0.39 is 11.5 Å². The monoisotopic (exact) mass is 191 g/mol. The van der Waals surface area contributed by atoms with Crippen LogP contribution in [0.25, 0.3) is 0 Å². The van der Waals surface area contributed by atoms with Crippen molar-refractivity contribution in [2.24, 2.45) is 0 Å². The van der Waals surface area contributed by atoms with Crippen LogP contribution in [0.4, 0.5) is 5.69 Å². The molecule has 0 radical (unpaired) electrons. The van der Waals surface area contributed by atoms with Crippen LogP contribution >= 0.6 is 0 Å². The Morgan fingerprint density at radius 3 is 2.86 bits per heavy atom. The lowest BCUT2D eigenvalue weighted by Crippen LogP contribution is -2.30. The van der Waals surface area contributed by atoms with Crippen molar-refractivity contribution in [2.75, 3.05) is 5.32 Å². The fourth-order valence-corrected chi connectivity index (χ4v) is 1.53. The summed E-state index contributed by atoms with van der Waals surface area (Å²) in [7, 11) is 0. The zero-order valence-electron chi connectivity index (χ0n) is 7.57. The molecule has 1 aromatic rings. The van der Waals surface area contributed by atoms with E-state index in [-0.39, 0.29) is 0 Å². The molecule has 2 N–H and O–H groups in total. The Hall–Kier alpha value is -1.68. The van der Waals surface area contributed by atoms with Crippen molar-refractivity contribution in [3.63, 3.8) is 0 Å². The quantitative estimate of drug-likeness (QED) is 0.641. The molecule has 1 heterocycles. The molecule has 0 saturated heterocycles. The number of carbonyl (C=O) groups excluding carboxylic acids is 2. The Morgan fingerprint density at radius 2 is 2.21 bits per heavy atom. The predicted octanol–water partition coefficient (Wildman–Crippen LogP) is 0.659. The normalized spacial score (nSPS) is 24.3. The third kappa shape index (κ3) is 1.04. The number of anilines is 1. The van der Waals surface area contributed by atoms with Gasteiger partial charge in [0, 0.05) is 16.8 Å². The first-order valence-electron chi connectivity index (χ1n) is 4.19. The number of benzene rings is 1. The Labute approximate surface area is 80.6 Å². The molecule has 1 aliphatic rings. The Kier molecular flexibility index (Phi) is 1.69. The summed E-state index contributed by atoms with van der Waals surface area (Å²) in [5, 5.41) is 12.3. The highest BCUT2D eigenvalue weighted by atomic mass is 16.3. The van der Waals surface area contributed by atoms with E-state index in [4.69, 9.17) is 0 Å². The molecular weight excluding hydrogens is 182 g/mol. The number of fused-ring (bicyclic) bond motifs is 1. The zero-order chi connectivity index (χ0) is 10.3. The van der Waals surface area contributed by atoms with Crippen molar-refractivity contribution in [1.82, 2.24) is 0 Å². The van der Waals surface area contributed by atoms with Crippen molar-refractivity contribution in [2.45, 2.75) is 12.5 Å². The van der Waals surface area contributed by atoms with E-state index in [2.05, 4.69) is 5.32 Å². The number of carbonyl (C=O) groups is 2. The molecule has 1 aliphatic heterocycles. The van der Waals surface area contributed by atoms with Gasteiger partial charge in [0.25, 0.3) is 5.91 Å². The highest BCUT2D eigenvalue weighted by Gasteiger charge is 2.40. The minimum atomic E-state index is -1.49. The average molecular weight is 191 g/mol. The van der Waals surface area contributed by atoms with Gasteiger partial charge >= 0.3 is 0 Å². The maximum absolute atomic E-state index is 11.3. The van der Waals surface area contributed by atoms with Crippen LogP contribution in [0.1, 0.15) is 22.8 Å². The summed E-state index contributed by atoms with van der Waals surface area (Å²) in [6, 6.07) is 4.69. The topological polar surface area (TPSA) is 66.4 Å².